The van der Waals surface area contributed by atoms with E-state index >= 15 is 0 Å². The van der Waals surface area contributed by atoms with Crippen molar-refractivity contribution in [3.63, 3.8) is 0 Å². The molecule has 0 spiro atoms. The summed E-state index contributed by atoms with van der Waals surface area (Å²) in [4.78, 5) is 24.7. The van der Waals surface area contributed by atoms with E-state index in [9.17, 15) is 4.79 Å². The highest BCUT2D eigenvalue weighted by Crippen LogP contribution is 2.34. The Morgan fingerprint density at radius 2 is 2.12 bits per heavy atom. The summed E-state index contributed by atoms with van der Waals surface area (Å²) in [5.41, 5.74) is 1.16. The number of ether oxygens (including phenoxy) is 1. The number of nitrogens with zero attached hydrogens (tertiary/aromatic N) is 3. The Morgan fingerprint density at radius 3 is 2.80 bits per heavy atom. The van der Waals surface area contributed by atoms with E-state index in [1.165, 1.54) is 11.3 Å². The Morgan fingerprint density at radius 1 is 1.28 bits per heavy atom. The van der Waals surface area contributed by atoms with E-state index in [4.69, 9.17) is 4.74 Å². The Kier molecular flexibility index (Phi) is 5.99. The van der Waals surface area contributed by atoms with Crippen LogP contribution in [0.1, 0.15) is 35.5 Å². The van der Waals surface area contributed by atoms with Gasteiger partial charge in [0.2, 0.25) is 0 Å². The van der Waals surface area contributed by atoms with Crippen molar-refractivity contribution in [1.29, 1.82) is 0 Å². The molecule has 3 aromatic rings. The predicted octanol–water partition coefficient (Wildman–Crippen LogP) is 4.39. The van der Waals surface area contributed by atoms with Gasteiger partial charge in [0.25, 0.3) is 0 Å². The summed E-state index contributed by atoms with van der Waals surface area (Å²) < 4.78 is 6.44. The first-order valence-electron chi connectivity index (χ1n) is 8.42. The van der Waals surface area contributed by atoms with Crippen molar-refractivity contribution in [2.24, 2.45) is 0 Å². The first-order chi connectivity index (χ1) is 12.2. The van der Waals surface area contributed by atoms with Crippen LogP contribution in [0.15, 0.2) is 30.6 Å². The van der Waals surface area contributed by atoms with Crippen molar-refractivity contribution in [2.75, 3.05) is 24.6 Å². The molecule has 3 heterocycles. The largest absolute Gasteiger partial charge is 0.461 e. The summed E-state index contributed by atoms with van der Waals surface area (Å²) in [5.74, 6) is -0.259. The van der Waals surface area contributed by atoms with Gasteiger partial charge in [-0.2, -0.15) is 0 Å². The minimum atomic E-state index is -0.259. The number of anilines is 1. The zero-order valence-corrected chi connectivity index (χ0v) is 16.0. The van der Waals surface area contributed by atoms with Gasteiger partial charge in [-0.3, -0.25) is 4.98 Å². The maximum Gasteiger partial charge on any atom is 0.348 e. The monoisotopic (exact) mass is 375 g/mol. The van der Waals surface area contributed by atoms with E-state index < -0.39 is 0 Å². The first kappa shape index (κ1) is 17.8. The summed E-state index contributed by atoms with van der Waals surface area (Å²) in [6, 6.07) is 5.84. The highest BCUT2D eigenvalue weighted by Gasteiger charge is 2.16. The summed E-state index contributed by atoms with van der Waals surface area (Å²) in [7, 11) is 0. The topological polar surface area (TPSA) is 55.3 Å². The molecule has 0 saturated heterocycles. The number of rotatable bonds is 8. The molecule has 0 aliphatic carbocycles. The maximum atomic E-state index is 12.2. The third kappa shape index (κ3) is 4.35. The number of carbonyl (C=O) groups excluding carboxylic acids is 1. The molecule has 0 amide bonds. The lowest BCUT2D eigenvalue weighted by Gasteiger charge is -2.16. The Labute approximate surface area is 155 Å². The zero-order valence-electron chi connectivity index (χ0n) is 14.4. The zero-order chi connectivity index (χ0) is 17.6. The molecule has 0 aliphatic rings. The van der Waals surface area contributed by atoms with Crippen LogP contribution in [0.4, 0.5) is 5.13 Å². The van der Waals surface area contributed by atoms with Gasteiger partial charge in [-0.1, -0.05) is 17.4 Å². The minimum absolute atomic E-state index is 0.259. The number of pyridine rings is 1. The average molecular weight is 376 g/mol. The second kappa shape index (κ2) is 8.40. The van der Waals surface area contributed by atoms with Crippen LogP contribution in [0.2, 0.25) is 0 Å². The number of fused-ring (bicyclic) bond motifs is 1. The molecular formula is C18H21N3O2S2. The molecule has 25 heavy (non-hydrogen) atoms. The third-order valence-corrected chi connectivity index (χ3v) is 6.08. The van der Waals surface area contributed by atoms with Crippen LogP contribution >= 0.6 is 22.7 Å². The van der Waals surface area contributed by atoms with Crippen molar-refractivity contribution in [2.45, 2.75) is 26.7 Å². The van der Waals surface area contributed by atoms with Crippen LogP contribution < -0.4 is 4.90 Å². The number of thiophene rings is 1. The van der Waals surface area contributed by atoms with Crippen LogP contribution in [0.25, 0.3) is 9.53 Å². The Balaban J connectivity index is 1.54. The fourth-order valence-electron chi connectivity index (χ4n) is 2.51. The number of hydrogen-bond acceptors (Lipinski definition) is 7. The van der Waals surface area contributed by atoms with Crippen LogP contribution in [0, 0.1) is 0 Å². The van der Waals surface area contributed by atoms with E-state index in [0.717, 1.165) is 46.2 Å². The van der Waals surface area contributed by atoms with Gasteiger partial charge in [-0.25, -0.2) is 9.78 Å². The second-order valence-corrected chi connectivity index (χ2v) is 7.59. The molecule has 0 radical (unpaired) electrons. The molecule has 3 rings (SSSR count). The second-order valence-electron chi connectivity index (χ2n) is 5.55. The number of esters is 1. The van der Waals surface area contributed by atoms with Crippen LogP contribution in [0.5, 0.6) is 0 Å². The van der Waals surface area contributed by atoms with Gasteiger partial charge in [-0.05, 0) is 44.4 Å². The normalized spacial score (nSPS) is 11.0. The number of aromatic nitrogens is 2. The van der Waals surface area contributed by atoms with Crippen LogP contribution in [-0.4, -0.2) is 35.6 Å². The van der Waals surface area contributed by atoms with Crippen LogP contribution in [-0.2, 0) is 11.2 Å². The van der Waals surface area contributed by atoms with E-state index in [-0.39, 0.29) is 5.97 Å². The third-order valence-electron chi connectivity index (χ3n) is 3.88. The Hall–Kier alpha value is -1.99. The maximum absolute atomic E-state index is 12.2. The van der Waals surface area contributed by atoms with Gasteiger partial charge in [0.1, 0.15) is 9.71 Å². The molecule has 0 fully saturated rings. The molecule has 7 heteroatoms. The lowest BCUT2D eigenvalue weighted by atomic mass is 10.2. The van der Waals surface area contributed by atoms with Crippen molar-refractivity contribution in [1.82, 2.24) is 9.97 Å². The van der Waals surface area contributed by atoms with Gasteiger partial charge >= 0.3 is 5.97 Å². The van der Waals surface area contributed by atoms with E-state index in [1.54, 1.807) is 17.5 Å². The summed E-state index contributed by atoms with van der Waals surface area (Å²) in [5, 5.41) is 1.02. The molecular weight excluding hydrogens is 354 g/mol. The van der Waals surface area contributed by atoms with Gasteiger partial charge in [-0.15, -0.1) is 11.3 Å². The molecule has 0 bridgehead atoms. The molecule has 0 aliphatic heterocycles. The fraction of sp³-hybridized carbons (Fsp3) is 0.389. The van der Waals surface area contributed by atoms with E-state index in [0.29, 0.717) is 11.5 Å². The lowest BCUT2D eigenvalue weighted by Crippen LogP contribution is -2.21. The summed E-state index contributed by atoms with van der Waals surface area (Å²) >= 11 is 3.04. The van der Waals surface area contributed by atoms with Gasteiger partial charge < -0.3 is 9.64 Å². The fourth-order valence-corrected chi connectivity index (χ4v) is 4.74. The molecule has 0 unspecified atom stereocenters. The van der Waals surface area contributed by atoms with Gasteiger partial charge in [0.05, 0.1) is 11.3 Å². The quantitative estimate of drug-likeness (QED) is 0.432. The van der Waals surface area contributed by atoms with Gasteiger partial charge in [0.15, 0.2) is 5.13 Å². The number of aryl methyl sites for hydroxylation is 1. The average Bonchev–Trinajstić information content (AvgIpc) is 3.20. The van der Waals surface area contributed by atoms with Crippen LogP contribution in [0.3, 0.4) is 0 Å². The molecule has 0 saturated carbocycles. The molecule has 5 nitrogen and oxygen atoms in total. The standard InChI is InChI=1S/C18H21N3O2S2/c1-3-21(4-2)18-20-16-14(25-18)11-15(24-16)17(22)23-10-6-8-13-7-5-9-19-12-13/h5,7,9,11-12H,3-4,6,8,10H2,1-2H3. The SMILES string of the molecule is CCN(CC)c1nc2sc(C(=O)OCCCc3cccnc3)cc2s1. The molecule has 0 N–H and O–H groups in total. The minimum Gasteiger partial charge on any atom is -0.461 e. The summed E-state index contributed by atoms with van der Waals surface area (Å²) in [6.45, 7) is 6.52. The van der Waals surface area contributed by atoms with Crippen molar-refractivity contribution in [3.05, 3.63) is 41.0 Å². The Bertz CT molecular complexity index is 794. The van der Waals surface area contributed by atoms with Crippen molar-refractivity contribution < 1.29 is 9.53 Å². The van der Waals surface area contributed by atoms with E-state index in [1.807, 2.05) is 24.4 Å². The summed E-state index contributed by atoms with van der Waals surface area (Å²) in [6.07, 6.45) is 5.25. The molecule has 132 valence electrons. The molecule has 0 atom stereocenters. The van der Waals surface area contributed by atoms with Gasteiger partial charge in [0, 0.05) is 25.5 Å². The smallest absolute Gasteiger partial charge is 0.348 e. The van der Waals surface area contributed by atoms with Crippen molar-refractivity contribution in [3.8, 4) is 0 Å². The van der Waals surface area contributed by atoms with Crippen molar-refractivity contribution >= 4 is 43.3 Å². The van der Waals surface area contributed by atoms with E-state index in [2.05, 4.69) is 28.7 Å². The molecule has 3 aromatic heterocycles. The highest BCUT2D eigenvalue weighted by molar-refractivity contribution is 7.29. The number of carbonyl (C=O) groups is 1. The number of thiazole rings is 1. The number of hydrogen-bond donors (Lipinski definition) is 0. The highest BCUT2D eigenvalue weighted by atomic mass is 32.1. The first-order valence-corrected chi connectivity index (χ1v) is 10.1. The predicted molar refractivity (Wildman–Crippen MR) is 104 cm³/mol. The molecule has 0 aromatic carbocycles. The lowest BCUT2D eigenvalue weighted by molar-refractivity contribution is 0.0506.